The zero-order chi connectivity index (χ0) is 28.5. The number of hydrogen-bond donors (Lipinski definition) is 5. The van der Waals surface area contributed by atoms with Crippen LogP contribution in [0.5, 0.6) is 0 Å². The van der Waals surface area contributed by atoms with Crippen molar-refractivity contribution in [1.82, 2.24) is 27.3 Å². The lowest BCUT2D eigenvalue weighted by Gasteiger charge is -2.27. The smallest absolute Gasteiger partial charge is 0.232 e. The Kier molecular flexibility index (Phi) is 17.8. The molecule has 1 aromatic heterocycles. The Morgan fingerprint density at radius 2 is 1.50 bits per heavy atom. The van der Waals surface area contributed by atoms with E-state index >= 15 is 0 Å². The van der Waals surface area contributed by atoms with Gasteiger partial charge in [-0.2, -0.15) is 15.0 Å². The van der Waals surface area contributed by atoms with E-state index in [9.17, 15) is 18.4 Å². The maximum absolute atomic E-state index is 13.4. The van der Waals surface area contributed by atoms with Gasteiger partial charge in [0, 0.05) is 47.7 Å². The zero-order valence-electron chi connectivity index (χ0n) is 25.0. The van der Waals surface area contributed by atoms with Crippen molar-refractivity contribution in [2.24, 2.45) is 5.73 Å². The molecule has 44 heavy (non-hydrogen) atoms. The summed E-state index contributed by atoms with van der Waals surface area (Å²) < 4.78 is 26.4. The van der Waals surface area contributed by atoms with Crippen molar-refractivity contribution in [2.75, 3.05) is 35.7 Å². The number of rotatable bonds is 8. The van der Waals surface area contributed by atoms with Crippen molar-refractivity contribution in [3.63, 3.8) is 0 Å². The van der Waals surface area contributed by atoms with Crippen molar-refractivity contribution in [3.05, 3.63) is 65.5 Å². The predicted octanol–water partition coefficient (Wildman–Crippen LogP) is 6.23. The third-order valence-corrected chi connectivity index (χ3v) is 6.99. The molecule has 2 aliphatic rings. The first kappa shape index (κ1) is 40.2. The molecule has 0 atom stereocenters. The van der Waals surface area contributed by atoms with Crippen LogP contribution in [0.3, 0.4) is 0 Å². The van der Waals surface area contributed by atoms with Crippen LogP contribution < -0.4 is 33.6 Å². The highest BCUT2D eigenvalue weighted by Crippen LogP contribution is 2.33. The fraction of sp³-hybridized carbons (Fsp3) is 0.414. The fourth-order valence-corrected chi connectivity index (χ4v) is 4.93. The molecule has 1 aliphatic carbocycles. The van der Waals surface area contributed by atoms with E-state index in [0.717, 1.165) is 56.7 Å². The van der Waals surface area contributed by atoms with Gasteiger partial charge in [0.05, 0.1) is 6.42 Å². The van der Waals surface area contributed by atoms with E-state index in [4.69, 9.17) is 15.0 Å². The van der Waals surface area contributed by atoms with Crippen LogP contribution in [0.15, 0.2) is 42.5 Å². The predicted molar refractivity (Wildman–Crippen MR) is 180 cm³/mol. The molecule has 0 bridgehead atoms. The first-order valence-corrected chi connectivity index (χ1v) is 13.7. The Bertz CT molecular complexity index is 1340. The molecular weight excluding hydrogens is 596 g/mol. The lowest BCUT2D eigenvalue weighted by atomic mass is 10.1. The van der Waals surface area contributed by atoms with Crippen molar-refractivity contribution in [3.8, 4) is 0 Å². The van der Waals surface area contributed by atoms with Crippen LogP contribution in [0.4, 0.5) is 32.1 Å². The number of nitrogens with two attached hydrogens (primary N) is 1. The first-order valence-electron chi connectivity index (χ1n) is 13.7. The number of nitrogens with zero attached hydrogens (tertiary/aromatic N) is 4. The summed E-state index contributed by atoms with van der Waals surface area (Å²) >= 11 is 0. The van der Waals surface area contributed by atoms with Crippen LogP contribution in [0.25, 0.3) is 0 Å². The number of carbonyl (C=O) groups is 2. The summed E-state index contributed by atoms with van der Waals surface area (Å²) in [6, 6.07) is 9.74. The highest BCUT2D eigenvalue weighted by molar-refractivity contribution is 6.11. The van der Waals surface area contributed by atoms with Crippen molar-refractivity contribution in [2.45, 2.75) is 57.3 Å². The second kappa shape index (κ2) is 19.5. The van der Waals surface area contributed by atoms with Gasteiger partial charge < -0.3 is 39.0 Å². The number of ketones is 1. The molecule has 3 aromatic rings. The second-order valence-electron chi connectivity index (χ2n) is 9.83. The van der Waals surface area contributed by atoms with Gasteiger partial charge in [0.25, 0.3) is 0 Å². The average Bonchev–Trinajstić information content (AvgIpc) is 3.52. The Balaban J connectivity index is -0.000000605. The molecule has 1 aliphatic heterocycles. The third-order valence-electron chi connectivity index (χ3n) is 6.99. The SMILES string of the molecule is CN.Cl.N.N.O.O=C(CC(=O)c1ccc(Nc2nc(C3CCCC3)nc(N3CCCCC3)n2)cc1)Nc1ccc(F)c(F)c1.[HH].[HH].[HH].[HH]. The van der Waals surface area contributed by atoms with E-state index in [0.29, 0.717) is 29.1 Å². The van der Waals surface area contributed by atoms with Gasteiger partial charge in [0.1, 0.15) is 5.82 Å². The number of aromatic nitrogens is 3. The average molecular weight is 648 g/mol. The van der Waals surface area contributed by atoms with Gasteiger partial charge in [-0.3, -0.25) is 9.59 Å². The summed E-state index contributed by atoms with van der Waals surface area (Å²) in [6.45, 7) is 1.88. The van der Waals surface area contributed by atoms with Crippen LogP contribution in [-0.2, 0) is 4.79 Å². The lowest BCUT2D eigenvalue weighted by Crippen LogP contribution is -2.31. The van der Waals surface area contributed by atoms with Crippen molar-refractivity contribution >= 4 is 47.4 Å². The minimum absolute atomic E-state index is 0. The number of piperidine rings is 1. The molecule has 12 N–H and O–H groups in total. The summed E-state index contributed by atoms with van der Waals surface area (Å²) in [5.74, 6) is -0.725. The van der Waals surface area contributed by atoms with Gasteiger partial charge in [-0.25, -0.2) is 8.78 Å². The van der Waals surface area contributed by atoms with Crippen LogP contribution in [-0.4, -0.2) is 52.3 Å². The number of nitrogens with one attached hydrogen (secondary N) is 2. The molecule has 0 spiro atoms. The van der Waals surface area contributed by atoms with E-state index in [1.165, 1.54) is 32.4 Å². The number of Topliss-reactive ketones (excluding diaryl/α,β-unsaturated/α-hetero) is 1. The number of hydrogen-bond acceptors (Lipinski definition) is 10. The maximum Gasteiger partial charge on any atom is 0.232 e. The molecular formula is C29H52ClF2N9O3. The molecule has 2 aromatic carbocycles. The van der Waals surface area contributed by atoms with Gasteiger partial charge in [-0.15, -0.1) is 12.4 Å². The van der Waals surface area contributed by atoms with Crippen LogP contribution in [0.2, 0.25) is 0 Å². The lowest BCUT2D eigenvalue weighted by molar-refractivity contribution is -0.115. The standard InChI is InChI=1S/C28H30F2N6O2.CH5N.ClH.2H3N.H2O.4H2/c29-22-13-12-21(16-23(22)30)31-25(38)17-24(37)18-8-10-20(11-9-18)32-27-33-26(19-6-2-3-7-19)34-28(35-27)36-14-4-1-5-15-36;1-2;;;;;;;;/h8-13,16,19H,1-7,14-15,17H2,(H,31,38)(H,32,33,34,35);2H2,1H3;1H;2*1H3;1H2;4*1H. The number of anilines is 4. The molecule has 2 fully saturated rings. The molecule has 2 heterocycles. The Labute approximate surface area is 268 Å². The Morgan fingerprint density at radius 3 is 2.11 bits per heavy atom. The van der Waals surface area contributed by atoms with Gasteiger partial charge >= 0.3 is 0 Å². The van der Waals surface area contributed by atoms with E-state index in [1.54, 1.807) is 24.3 Å². The molecule has 0 unspecified atom stereocenters. The maximum atomic E-state index is 13.4. The summed E-state index contributed by atoms with van der Waals surface area (Å²) in [7, 11) is 1.50. The fourth-order valence-electron chi connectivity index (χ4n) is 4.93. The van der Waals surface area contributed by atoms with Crippen LogP contribution in [0, 0.1) is 11.6 Å². The molecule has 15 heteroatoms. The summed E-state index contributed by atoms with van der Waals surface area (Å²) in [5, 5.41) is 5.66. The molecule has 1 saturated carbocycles. The van der Waals surface area contributed by atoms with E-state index < -0.39 is 29.7 Å². The minimum Gasteiger partial charge on any atom is -0.412 e. The number of benzene rings is 2. The topological polar surface area (TPSA) is 228 Å². The number of carbonyl (C=O) groups excluding carboxylic acids is 2. The summed E-state index contributed by atoms with van der Waals surface area (Å²) in [5.41, 5.74) is 5.65. The molecule has 1 saturated heterocycles. The summed E-state index contributed by atoms with van der Waals surface area (Å²) in [4.78, 5) is 41.3. The van der Waals surface area contributed by atoms with Crippen molar-refractivity contribution < 1.29 is 29.6 Å². The van der Waals surface area contributed by atoms with Crippen LogP contribution in [0.1, 0.15) is 79.2 Å². The number of halogens is 3. The highest BCUT2D eigenvalue weighted by Gasteiger charge is 2.24. The zero-order valence-corrected chi connectivity index (χ0v) is 25.8. The molecule has 12 nitrogen and oxygen atoms in total. The Hall–Kier alpha value is -3.82. The van der Waals surface area contributed by atoms with E-state index in [2.05, 4.69) is 21.3 Å². The molecule has 5 rings (SSSR count). The monoisotopic (exact) mass is 647 g/mol. The normalized spacial score (nSPS) is 13.9. The van der Waals surface area contributed by atoms with Gasteiger partial charge in [0.2, 0.25) is 17.8 Å². The summed E-state index contributed by atoms with van der Waals surface area (Å²) in [6.07, 6.45) is 7.59. The Morgan fingerprint density at radius 1 is 0.886 bits per heavy atom. The molecule has 252 valence electrons. The van der Waals surface area contributed by atoms with Gasteiger partial charge in [-0.05, 0) is 75.5 Å². The van der Waals surface area contributed by atoms with Crippen LogP contribution >= 0.6 is 12.4 Å². The number of amides is 1. The second-order valence-corrected chi connectivity index (χ2v) is 9.83. The molecule has 0 radical (unpaired) electrons. The quantitative estimate of drug-likeness (QED) is 0.137. The van der Waals surface area contributed by atoms with E-state index in [-0.39, 0.29) is 41.6 Å². The highest BCUT2D eigenvalue weighted by atomic mass is 35.5. The van der Waals surface area contributed by atoms with Gasteiger partial charge in [0.15, 0.2) is 17.4 Å². The van der Waals surface area contributed by atoms with E-state index in [1.807, 2.05) is 0 Å². The minimum atomic E-state index is -1.08. The molecule has 1 amide bonds. The first-order chi connectivity index (χ1) is 19.4. The largest absolute Gasteiger partial charge is 0.412 e. The van der Waals surface area contributed by atoms with Gasteiger partial charge in [-0.1, -0.05) is 12.8 Å². The van der Waals surface area contributed by atoms with Crippen molar-refractivity contribution in [1.29, 1.82) is 0 Å². The third kappa shape index (κ3) is 10.7.